The van der Waals surface area contributed by atoms with Crippen LogP contribution >= 0.6 is 0 Å². The first kappa shape index (κ1) is 16.2. The van der Waals surface area contributed by atoms with Gasteiger partial charge in [0.05, 0.1) is 30.2 Å². The van der Waals surface area contributed by atoms with Gasteiger partial charge in [0.15, 0.2) is 0 Å². The number of hydrogen-bond acceptors (Lipinski definition) is 5. The van der Waals surface area contributed by atoms with Crippen LogP contribution in [0, 0.1) is 0 Å². The van der Waals surface area contributed by atoms with Gasteiger partial charge in [-0.3, -0.25) is 24.3 Å². The lowest BCUT2D eigenvalue weighted by atomic mass is 9.92. The van der Waals surface area contributed by atoms with Crippen molar-refractivity contribution in [3.63, 3.8) is 0 Å². The second-order valence-corrected chi connectivity index (χ2v) is 7.25. The molecule has 7 heteroatoms. The van der Waals surface area contributed by atoms with Gasteiger partial charge < -0.3 is 4.90 Å². The number of hydrogen-bond donors (Lipinski definition) is 0. The fourth-order valence-electron chi connectivity index (χ4n) is 4.04. The maximum Gasteiger partial charge on any atom is 0.241 e. The molecule has 2 fully saturated rings. The summed E-state index contributed by atoms with van der Waals surface area (Å²) < 4.78 is 1.84. The van der Waals surface area contributed by atoms with Crippen LogP contribution in [0.25, 0.3) is 0 Å². The van der Waals surface area contributed by atoms with Crippen LogP contribution in [0.15, 0.2) is 36.9 Å². The molecule has 1 spiro atoms. The van der Waals surface area contributed by atoms with Crippen LogP contribution in [0.1, 0.15) is 12.0 Å². The Morgan fingerprint density at radius 3 is 2.84 bits per heavy atom. The molecule has 2 saturated heterocycles. The second-order valence-electron chi connectivity index (χ2n) is 7.25. The summed E-state index contributed by atoms with van der Waals surface area (Å²) in [5, 5.41) is 4.26. The zero-order chi connectivity index (χ0) is 17.4. The Morgan fingerprint density at radius 1 is 1.24 bits per heavy atom. The molecule has 1 unspecified atom stereocenters. The Morgan fingerprint density at radius 2 is 2.12 bits per heavy atom. The number of rotatable bonds is 3. The predicted octanol–water partition coefficient (Wildman–Crippen LogP) is 0.738. The van der Waals surface area contributed by atoms with E-state index in [0.717, 1.165) is 38.3 Å². The monoisotopic (exact) mass is 340 g/mol. The summed E-state index contributed by atoms with van der Waals surface area (Å²) >= 11 is 0. The molecule has 0 saturated carbocycles. The number of aromatic nitrogens is 3. The molecule has 0 aliphatic carbocycles. The zero-order valence-electron chi connectivity index (χ0n) is 14.8. The van der Waals surface area contributed by atoms with Crippen molar-refractivity contribution in [1.82, 2.24) is 24.6 Å². The summed E-state index contributed by atoms with van der Waals surface area (Å²) in [5.74, 6) is 0.145. The van der Waals surface area contributed by atoms with Crippen LogP contribution in [0.2, 0.25) is 0 Å². The lowest BCUT2D eigenvalue weighted by Gasteiger charge is -2.46. The highest BCUT2D eigenvalue weighted by atomic mass is 16.2. The molecular formula is C18H24N6O. The highest BCUT2D eigenvalue weighted by Crippen LogP contribution is 2.33. The van der Waals surface area contributed by atoms with E-state index in [2.05, 4.69) is 33.1 Å². The molecule has 7 nitrogen and oxygen atoms in total. The third-order valence-electron chi connectivity index (χ3n) is 5.47. The maximum atomic E-state index is 12.6. The normalized spacial score (nSPS) is 25.2. The number of likely N-dealkylation sites (tertiary alicyclic amines) is 1. The molecule has 1 amide bonds. The number of nitrogens with zero attached hydrogens (tertiary/aromatic N) is 6. The van der Waals surface area contributed by atoms with Crippen LogP contribution in [0.5, 0.6) is 0 Å². The van der Waals surface area contributed by atoms with E-state index in [-0.39, 0.29) is 11.4 Å². The predicted molar refractivity (Wildman–Crippen MR) is 95.1 cm³/mol. The van der Waals surface area contributed by atoms with E-state index in [1.165, 1.54) is 5.56 Å². The van der Waals surface area contributed by atoms with Crippen molar-refractivity contribution in [2.45, 2.75) is 18.5 Å². The molecule has 2 aromatic rings. The van der Waals surface area contributed by atoms with Crippen molar-refractivity contribution in [3.05, 3.63) is 42.5 Å². The molecule has 0 N–H and O–H groups in total. The SMILES string of the molecule is CN1CC(=O)N(c2cccnc2)CC12CCN(Cc1cnn(C)c1)C2. The highest BCUT2D eigenvalue weighted by Gasteiger charge is 2.47. The van der Waals surface area contributed by atoms with Crippen molar-refractivity contribution in [3.8, 4) is 0 Å². The Hall–Kier alpha value is -2.25. The molecule has 2 aliphatic rings. The minimum absolute atomic E-state index is 0.00591. The van der Waals surface area contributed by atoms with Gasteiger partial charge in [-0.25, -0.2) is 0 Å². The van der Waals surface area contributed by atoms with Gasteiger partial charge in [0.2, 0.25) is 5.91 Å². The first-order valence-corrected chi connectivity index (χ1v) is 8.67. The summed E-state index contributed by atoms with van der Waals surface area (Å²) in [7, 11) is 4.02. The van der Waals surface area contributed by atoms with E-state index >= 15 is 0 Å². The lowest BCUT2D eigenvalue weighted by Crippen LogP contribution is -2.64. The van der Waals surface area contributed by atoms with Crippen LogP contribution < -0.4 is 4.90 Å². The smallest absolute Gasteiger partial charge is 0.241 e. The van der Waals surface area contributed by atoms with E-state index in [9.17, 15) is 4.79 Å². The quantitative estimate of drug-likeness (QED) is 0.825. The van der Waals surface area contributed by atoms with E-state index in [4.69, 9.17) is 0 Å². The van der Waals surface area contributed by atoms with Gasteiger partial charge in [0.25, 0.3) is 0 Å². The fraction of sp³-hybridized carbons (Fsp3) is 0.500. The maximum absolute atomic E-state index is 12.6. The van der Waals surface area contributed by atoms with Crippen LogP contribution in [-0.4, -0.2) is 69.2 Å². The molecule has 2 aliphatic heterocycles. The number of aryl methyl sites for hydroxylation is 1. The first-order chi connectivity index (χ1) is 12.1. The molecular weight excluding hydrogens is 316 g/mol. The number of likely N-dealkylation sites (N-methyl/N-ethyl adjacent to an activating group) is 1. The van der Waals surface area contributed by atoms with Gasteiger partial charge in [-0.05, 0) is 25.6 Å². The topological polar surface area (TPSA) is 57.5 Å². The van der Waals surface area contributed by atoms with Gasteiger partial charge in [-0.2, -0.15) is 5.10 Å². The Balaban J connectivity index is 1.51. The summed E-state index contributed by atoms with van der Waals surface area (Å²) in [6.45, 7) is 4.08. The fourth-order valence-corrected chi connectivity index (χ4v) is 4.04. The minimum atomic E-state index is 0.00591. The molecule has 4 rings (SSSR count). The molecule has 132 valence electrons. The molecule has 0 aromatic carbocycles. The van der Waals surface area contributed by atoms with Gasteiger partial charge >= 0.3 is 0 Å². The number of piperazine rings is 1. The van der Waals surface area contributed by atoms with Crippen molar-refractivity contribution < 1.29 is 4.79 Å². The third-order valence-corrected chi connectivity index (χ3v) is 5.47. The van der Waals surface area contributed by atoms with E-state index in [0.29, 0.717) is 6.54 Å². The van der Waals surface area contributed by atoms with E-state index < -0.39 is 0 Å². The van der Waals surface area contributed by atoms with Gasteiger partial charge in [-0.15, -0.1) is 0 Å². The first-order valence-electron chi connectivity index (χ1n) is 8.67. The van der Waals surface area contributed by atoms with Crippen LogP contribution in [0.4, 0.5) is 5.69 Å². The summed E-state index contributed by atoms with van der Waals surface area (Å²) in [6, 6.07) is 3.85. The molecule has 25 heavy (non-hydrogen) atoms. The molecule has 1 atom stereocenters. The second kappa shape index (κ2) is 6.24. The molecule has 0 radical (unpaired) electrons. The van der Waals surface area contributed by atoms with E-state index in [1.807, 2.05) is 35.0 Å². The lowest BCUT2D eigenvalue weighted by molar-refractivity contribution is -0.123. The van der Waals surface area contributed by atoms with Gasteiger partial charge in [-0.1, -0.05) is 0 Å². The van der Waals surface area contributed by atoms with Crippen molar-refractivity contribution in [2.75, 3.05) is 38.1 Å². The average Bonchev–Trinajstić information content (AvgIpc) is 3.20. The van der Waals surface area contributed by atoms with Crippen LogP contribution in [0.3, 0.4) is 0 Å². The zero-order valence-corrected chi connectivity index (χ0v) is 14.8. The molecule has 0 bridgehead atoms. The molecule has 4 heterocycles. The standard InChI is InChI=1S/C18H24N6O/c1-21-12-17(25)24(16-4-3-6-19-9-16)14-18(21)5-7-23(13-18)11-15-8-20-22(2)10-15/h3-4,6,8-10H,5,7,11-14H2,1-2H3. The van der Waals surface area contributed by atoms with E-state index in [1.54, 1.807) is 12.4 Å². The minimum Gasteiger partial charge on any atom is -0.308 e. The number of amides is 1. The third kappa shape index (κ3) is 3.05. The van der Waals surface area contributed by atoms with Crippen molar-refractivity contribution >= 4 is 11.6 Å². The Kier molecular flexibility index (Phi) is 4.05. The van der Waals surface area contributed by atoms with Crippen LogP contribution in [-0.2, 0) is 18.4 Å². The summed E-state index contributed by atoms with van der Waals surface area (Å²) in [4.78, 5) is 23.3. The molecule has 2 aromatic heterocycles. The summed E-state index contributed by atoms with van der Waals surface area (Å²) in [5.41, 5.74) is 2.13. The number of carbonyl (C=O) groups excluding carboxylic acids is 1. The summed E-state index contributed by atoms with van der Waals surface area (Å²) in [6.07, 6.45) is 8.58. The number of anilines is 1. The largest absolute Gasteiger partial charge is 0.308 e. The highest BCUT2D eigenvalue weighted by molar-refractivity contribution is 5.95. The van der Waals surface area contributed by atoms with Crippen molar-refractivity contribution in [1.29, 1.82) is 0 Å². The number of pyridine rings is 1. The van der Waals surface area contributed by atoms with Gasteiger partial charge in [0, 0.05) is 51.2 Å². The number of carbonyl (C=O) groups is 1. The average molecular weight is 340 g/mol. The van der Waals surface area contributed by atoms with Gasteiger partial charge in [0.1, 0.15) is 0 Å². The Labute approximate surface area is 147 Å². The Bertz CT molecular complexity index is 760. The van der Waals surface area contributed by atoms with Crippen molar-refractivity contribution in [2.24, 2.45) is 7.05 Å².